The zero-order valence-electron chi connectivity index (χ0n) is 18.9. The predicted molar refractivity (Wildman–Crippen MR) is 121 cm³/mol. The maximum Gasteiger partial charge on any atom is 0.218 e. The molecule has 5 rings (SSSR count). The van der Waals surface area contributed by atoms with E-state index in [0.29, 0.717) is 11.5 Å². The quantitative estimate of drug-likeness (QED) is 0.601. The molecule has 172 valence electrons. The van der Waals surface area contributed by atoms with Crippen molar-refractivity contribution in [3.05, 3.63) is 52.3 Å². The van der Waals surface area contributed by atoms with E-state index in [9.17, 15) is 18.3 Å². The molecular formula is C26H32O5S. The van der Waals surface area contributed by atoms with Gasteiger partial charge in [-0.15, -0.1) is 0 Å². The van der Waals surface area contributed by atoms with Crippen molar-refractivity contribution >= 4 is 15.6 Å². The summed E-state index contributed by atoms with van der Waals surface area (Å²) in [6.07, 6.45) is 9.60. The first kappa shape index (κ1) is 21.9. The first-order chi connectivity index (χ1) is 15.1. The Morgan fingerprint density at radius 3 is 2.44 bits per heavy atom. The Labute approximate surface area is 190 Å². The van der Waals surface area contributed by atoms with Crippen molar-refractivity contribution in [2.24, 2.45) is 11.8 Å². The van der Waals surface area contributed by atoms with Crippen LogP contribution >= 0.6 is 0 Å². The van der Waals surface area contributed by atoms with E-state index in [1.807, 2.05) is 0 Å². The van der Waals surface area contributed by atoms with Crippen molar-refractivity contribution < 1.29 is 22.7 Å². The van der Waals surface area contributed by atoms with Crippen molar-refractivity contribution in [2.75, 3.05) is 5.75 Å². The van der Waals surface area contributed by atoms with E-state index in [2.05, 4.69) is 12.1 Å². The number of aliphatic hydroxyl groups is 1. The molecule has 1 aromatic carbocycles. The van der Waals surface area contributed by atoms with Gasteiger partial charge in [0.1, 0.15) is 5.75 Å². The number of aryl methyl sites for hydroxylation is 1. The molecule has 1 N–H and O–H groups in total. The minimum Gasteiger partial charge on any atom is -0.453 e. The van der Waals surface area contributed by atoms with E-state index in [1.54, 1.807) is 13.8 Å². The van der Waals surface area contributed by atoms with Crippen molar-refractivity contribution in [3.8, 4) is 0 Å². The molecule has 0 radical (unpaired) electrons. The van der Waals surface area contributed by atoms with Crippen LogP contribution in [0, 0.1) is 11.8 Å². The monoisotopic (exact) mass is 456 g/mol. The number of ketones is 1. The molecule has 3 aliphatic rings. The molecular weight excluding hydrogens is 424 g/mol. The van der Waals surface area contributed by atoms with Gasteiger partial charge < -0.3 is 9.52 Å². The minimum atomic E-state index is -3.90. The molecule has 5 nitrogen and oxygen atoms in total. The van der Waals surface area contributed by atoms with Gasteiger partial charge in [0, 0.05) is 18.1 Å². The Hall–Kier alpha value is -1.92. The van der Waals surface area contributed by atoms with Crippen LogP contribution in [0.4, 0.5) is 0 Å². The molecule has 0 unspecified atom stereocenters. The van der Waals surface area contributed by atoms with Crippen LogP contribution in [0.1, 0.15) is 79.7 Å². The second kappa shape index (κ2) is 7.84. The molecule has 0 bridgehead atoms. The molecule has 0 atom stereocenters. The standard InChI is InChI=1S/C26H32O5S/c1-26(2,28)19-12-24(31-14-19)32(29,30)15-20(27)13-23-21-5-3-4-16(21)10-11-22(23)25(17-6-7-17)18-8-9-18/h10-12,14,17-18,25,28H,3-9,13,15H2,1-2H3. The van der Waals surface area contributed by atoms with Crippen LogP contribution in [0.2, 0.25) is 0 Å². The molecule has 2 saturated carbocycles. The SMILES string of the molecule is CC(C)(O)c1coc(S(=O)(=O)CC(=O)Cc2c(C(C3CC3)C3CC3)ccc3c2CCC3)c1. The third-order valence-corrected chi connectivity index (χ3v) is 8.90. The molecule has 2 fully saturated rings. The second-order valence-corrected chi connectivity index (χ2v) is 12.4. The van der Waals surface area contributed by atoms with Crippen LogP contribution in [0.15, 0.2) is 34.0 Å². The average Bonchev–Trinajstić information content (AvgIpc) is 3.61. The summed E-state index contributed by atoms with van der Waals surface area (Å²) in [7, 11) is -3.90. The van der Waals surface area contributed by atoms with Gasteiger partial charge in [0.25, 0.3) is 0 Å². The number of rotatable bonds is 9. The van der Waals surface area contributed by atoms with E-state index in [4.69, 9.17) is 4.42 Å². The molecule has 0 spiro atoms. The van der Waals surface area contributed by atoms with E-state index in [1.165, 1.54) is 54.7 Å². The number of benzene rings is 1. The lowest BCUT2D eigenvalue weighted by atomic mass is 9.82. The van der Waals surface area contributed by atoms with Gasteiger partial charge in [-0.1, -0.05) is 12.1 Å². The topological polar surface area (TPSA) is 84.6 Å². The summed E-state index contributed by atoms with van der Waals surface area (Å²) in [4.78, 5) is 13.1. The number of carbonyl (C=O) groups excluding carboxylic acids is 1. The maximum absolute atomic E-state index is 13.1. The fraction of sp³-hybridized carbons (Fsp3) is 0.577. The second-order valence-electron chi connectivity index (χ2n) is 10.5. The van der Waals surface area contributed by atoms with Crippen LogP contribution in [-0.4, -0.2) is 25.1 Å². The molecule has 1 aromatic heterocycles. The van der Waals surface area contributed by atoms with Gasteiger partial charge >= 0.3 is 0 Å². The fourth-order valence-corrected chi connectivity index (χ4v) is 6.59. The smallest absolute Gasteiger partial charge is 0.218 e. The normalized spacial score (nSPS) is 18.9. The number of Topliss-reactive ketones (excluding diaryl/α,β-unsaturated/α-hetero) is 1. The molecule has 0 saturated heterocycles. The minimum absolute atomic E-state index is 0.173. The Balaban J connectivity index is 1.41. The van der Waals surface area contributed by atoms with Crippen LogP contribution in [0.25, 0.3) is 0 Å². The average molecular weight is 457 g/mol. The molecule has 32 heavy (non-hydrogen) atoms. The van der Waals surface area contributed by atoms with E-state index < -0.39 is 21.2 Å². The summed E-state index contributed by atoms with van der Waals surface area (Å²) < 4.78 is 31.0. The van der Waals surface area contributed by atoms with Gasteiger partial charge in [-0.3, -0.25) is 4.79 Å². The summed E-state index contributed by atoms with van der Waals surface area (Å²) in [5, 5.41) is 9.84. The van der Waals surface area contributed by atoms with E-state index >= 15 is 0 Å². The molecule has 0 aliphatic heterocycles. The summed E-state index contributed by atoms with van der Waals surface area (Å²) in [5.41, 5.74) is 4.21. The van der Waals surface area contributed by atoms with E-state index in [-0.39, 0.29) is 17.3 Å². The van der Waals surface area contributed by atoms with Gasteiger partial charge in [-0.2, -0.15) is 0 Å². The summed E-state index contributed by atoms with van der Waals surface area (Å²) in [6.45, 7) is 3.13. The zero-order valence-corrected chi connectivity index (χ0v) is 19.7. The molecule has 2 aromatic rings. The number of hydrogen-bond acceptors (Lipinski definition) is 5. The highest BCUT2D eigenvalue weighted by Gasteiger charge is 2.43. The highest BCUT2D eigenvalue weighted by Crippen LogP contribution is 2.55. The van der Waals surface area contributed by atoms with Crippen LogP contribution in [0.3, 0.4) is 0 Å². The Bertz CT molecular complexity index is 1130. The molecule has 1 heterocycles. The van der Waals surface area contributed by atoms with Gasteiger partial charge in [0.05, 0.1) is 11.9 Å². The van der Waals surface area contributed by atoms with Crippen molar-refractivity contribution in [3.63, 3.8) is 0 Å². The van der Waals surface area contributed by atoms with Crippen molar-refractivity contribution in [2.45, 2.75) is 81.8 Å². The summed E-state index contributed by atoms with van der Waals surface area (Å²) >= 11 is 0. The zero-order chi connectivity index (χ0) is 22.7. The number of furan rings is 1. The van der Waals surface area contributed by atoms with Gasteiger partial charge in [0.15, 0.2) is 5.78 Å². The molecule has 3 aliphatic carbocycles. The lowest BCUT2D eigenvalue weighted by Gasteiger charge is -2.22. The third kappa shape index (κ3) is 4.32. The van der Waals surface area contributed by atoms with Gasteiger partial charge in [-0.05, 0) is 98.8 Å². The largest absolute Gasteiger partial charge is 0.453 e. The lowest BCUT2D eigenvalue weighted by molar-refractivity contribution is -0.116. The van der Waals surface area contributed by atoms with Crippen LogP contribution < -0.4 is 0 Å². The maximum atomic E-state index is 13.1. The number of carbonyl (C=O) groups is 1. The van der Waals surface area contributed by atoms with Crippen molar-refractivity contribution in [1.29, 1.82) is 0 Å². The van der Waals surface area contributed by atoms with E-state index in [0.717, 1.165) is 36.7 Å². The highest BCUT2D eigenvalue weighted by molar-refractivity contribution is 7.92. The number of sulfone groups is 1. The molecule has 6 heteroatoms. The third-order valence-electron chi connectivity index (χ3n) is 7.37. The first-order valence-corrected chi connectivity index (χ1v) is 13.5. The predicted octanol–water partition coefficient (Wildman–Crippen LogP) is 4.48. The van der Waals surface area contributed by atoms with Crippen molar-refractivity contribution in [1.82, 2.24) is 0 Å². The summed E-state index contributed by atoms with van der Waals surface area (Å²) in [5.74, 6) is 1.11. The van der Waals surface area contributed by atoms with Crippen LogP contribution in [-0.2, 0) is 39.5 Å². The Kier molecular flexibility index (Phi) is 5.37. The van der Waals surface area contributed by atoms with Gasteiger partial charge in [0.2, 0.25) is 14.9 Å². The highest BCUT2D eigenvalue weighted by atomic mass is 32.2. The van der Waals surface area contributed by atoms with Crippen LogP contribution in [0.5, 0.6) is 0 Å². The van der Waals surface area contributed by atoms with Gasteiger partial charge in [-0.25, -0.2) is 8.42 Å². The Morgan fingerprint density at radius 1 is 1.16 bits per heavy atom. The summed E-state index contributed by atoms with van der Waals surface area (Å²) in [6, 6.07) is 5.82. The number of fused-ring (bicyclic) bond motifs is 1. The first-order valence-electron chi connectivity index (χ1n) is 11.8. The molecule has 0 amide bonds. The lowest BCUT2D eigenvalue weighted by Crippen LogP contribution is -2.20. The number of hydrogen-bond donors (Lipinski definition) is 1. The fourth-order valence-electron chi connectivity index (χ4n) is 5.42. The Morgan fingerprint density at radius 2 is 1.84 bits per heavy atom.